The summed E-state index contributed by atoms with van der Waals surface area (Å²) in [7, 11) is 0. The van der Waals surface area contributed by atoms with Crippen molar-refractivity contribution in [1.29, 1.82) is 0 Å². The van der Waals surface area contributed by atoms with E-state index in [2.05, 4.69) is 21.3 Å². The van der Waals surface area contributed by atoms with Gasteiger partial charge in [0.1, 0.15) is 6.04 Å². The molecule has 1 aromatic carbocycles. The van der Waals surface area contributed by atoms with Gasteiger partial charge in [-0.15, -0.1) is 0 Å². The van der Waals surface area contributed by atoms with Crippen molar-refractivity contribution in [2.24, 2.45) is 11.8 Å². The molecule has 3 atom stereocenters. The summed E-state index contributed by atoms with van der Waals surface area (Å²) in [6, 6.07) is 2.79. The molecule has 1 heterocycles. The number of halogens is 2. The van der Waals surface area contributed by atoms with Gasteiger partial charge in [-0.3, -0.25) is 24.0 Å². The first-order valence-corrected chi connectivity index (χ1v) is 13.3. The number of amides is 4. The molecule has 4 amide bonds. The quantitative estimate of drug-likeness (QED) is 0.234. The molecule has 3 unspecified atom stereocenters. The van der Waals surface area contributed by atoms with Crippen molar-refractivity contribution in [1.82, 2.24) is 21.3 Å². The lowest BCUT2D eigenvalue weighted by molar-refractivity contribution is -0.141. The number of hydrogen-bond donors (Lipinski definition) is 4. The van der Waals surface area contributed by atoms with Gasteiger partial charge in [0.25, 0.3) is 5.91 Å². The first-order valence-electron chi connectivity index (χ1n) is 12.6. The average Bonchev–Trinajstić information content (AvgIpc) is 3.78. The van der Waals surface area contributed by atoms with Gasteiger partial charge in [-0.1, -0.05) is 42.1 Å². The van der Waals surface area contributed by atoms with Crippen LogP contribution in [-0.2, 0) is 24.0 Å². The van der Waals surface area contributed by atoms with Gasteiger partial charge in [0.05, 0.1) is 6.04 Å². The van der Waals surface area contributed by atoms with Crippen LogP contribution in [0.3, 0.4) is 0 Å². The molecule has 4 N–H and O–H groups in total. The van der Waals surface area contributed by atoms with Crippen molar-refractivity contribution >= 4 is 58.7 Å². The Morgan fingerprint density at radius 2 is 1.76 bits per heavy atom. The van der Waals surface area contributed by atoms with Crippen LogP contribution in [0.4, 0.5) is 0 Å². The van der Waals surface area contributed by atoms with Crippen LogP contribution >= 0.6 is 23.2 Å². The molecule has 0 bridgehead atoms. The van der Waals surface area contributed by atoms with Crippen molar-refractivity contribution in [3.63, 3.8) is 0 Å². The monoisotopic (exact) mass is 548 g/mol. The second kappa shape index (κ2) is 12.1. The molecule has 0 spiro atoms. The van der Waals surface area contributed by atoms with Crippen LogP contribution < -0.4 is 21.3 Å². The fourth-order valence-corrected chi connectivity index (χ4v) is 4.71. The summed E-state index contributed by atoms with van der Waals surface area (Å²) < 4.78 is 0. The van der Waals surface area contributed by atoms with Crippen molar-refractivity contribution < 1.29 is 24.0 Å². The predicted molar refractivity (Wildman–Crippen MR) is 139 cm³/mol. The van der Waals surface area contributed by atoms with E-state index in [4.69, 9.17) is 23.2 Å². The van der Waals surface area contributed by atoms with Crippen molar-refractivity contribution in [2.45, 2.75) is 63.1 Å². The molecule has 0 aromatic heterocycles. The summed E-state index contributed by atoms with van der Waals surface area (Å²) in [6.07, 6.45) is 7.26. The third kappa shape index (κ3) is 8.04. The Morgan fingerprint density at radius 1 is 1.00 bits per heavy atom. The van der Waals surface area contributed by atoms with Crippen molar-refractivity contribution in [2.75, 3.05) is 6.54 Å². The Labute approximate surface area is 225 Å². The summed E-state index contributed by atoms with van der Waals surface area (Å²) in [4.78, 5) is 63.5. The lowest BCUT2D eigenvalue weighted by Gasteiger charge is -2.23. The Kier molecular flexibility index (Phi) is 8.87. The number of carbonyl (C=O) groups excluding carboxylic acids is 5. The van der Waals surface area contributed by atoms with E-state index in [-0.39, 0.29) is 18.4 Å². The van der Waals surface area contributed by atoms with Gasteiger partial charge in [0, 0.05) is 34.6 Å². The Hall–Kier alpha value is -2.91. The highest BCUT2D eigenvalue weighted by atomic mass is 35.5. The summed E-state index contributed by atoms with van der Waals surface area (Å²) >= 11 is 12.1. The molecule has 1 saturated heterocycles. The second-order valence-corrected chi connectivity index (χ2v) is 10.8. The molecule has 198 valence electrons. The normalized spacial score (nSPS) is 20.7. The van der Waals surface area contributed by atoms with Gasteiger partial charge in [-0.2, -0.15) is 0 Å². The maximum absolute atomic E-state index is 13.3. The summed E-state index contributed by atoms with van der Waals surface area (Å²) in [5.74, 6) is -3.01. The third-order valence-electron chi connectivity index (χ3n) is 6.73. The second-order valence-electron chi connectivity index (χ2n) is 9.92. The number of rotatable bonds is 12. The number of ketones is 1. The highest BCUT2D eigenvalue weighted by Crippen LogP contribution is 2.33. The maximum Gasteiger partial charge on any atom is 0.289 e. The minimum absolute atomic E-state index is 0.0214. The summed E-state index contributed by atoms with van der Waals surface area (Å²) in [6.45, 7) is 0.483. The number of carbonyl (C=O) groups is 5. The van der Waals surface area contributed by atoms with E-state index in [9.17, 15) is 24.0 Å². The van der Waals surface area contributed by atoms with Crippen LogP contribution in [0.25, 0.3) is 6.08 Å². The van der Waals surface area contributed by atoms with Gasteiger partial charge in [-0.05, 0) is 61.8 Å². The molecular weight excluding hydrogens is 519 g/mol. The largest absolute Gasteiger partial charge is 0.356 e. The Balaban J connectivity index is 1.43. The van der Waals surface area contributed by atoms with Crippen LogP contribution in [0.5, 0.6) is 0 Å². The number of hydrogen-bond acceptors (Lipinski definition) is 5. The zero-order valence-corrected chi connectivity index (χ0v) is 21.7. The van der Waals surface area contributed by atoms with E-state index < -0.39 is 41.5 Å². The number of nitrogens with one attached hydrogen (secondary N) is 4. The third-order valence-corrected chi connectivity index (χ3v) is 7.29. The van der Waals surface area contributed by atoms with Crippen LogP contribution in [0.1, 0.15) is 50.5 Å². The zero-order chi connectivity index (χ0) is 26.5. The summed E-state index contributed by atoms with van der Waals surface area (Å²) in [5, 5.41) is 11.6. The van der Waals surface area contributed by atoms with E-state index in [1.165, 1.54) is 12.2 Å². The first-order chi connectivity index (χ1) is 17.7. The molecule has 0 radical (unpaired) electrons. The van der Waals surface area contributed by atoms with Crippen molar-refractivity contribution in [3.05, 3.63) is 39.9 Å². The van der Waals surface area contributed by atoms with E-state index >= 15 is 0 Å². The molecule has 37 heavy (non-hydrogen) atoms. The molecule has 3 aliphatic rings. The zero-order valence-electron chi connectivity index (χ0n) is 20.2. The van der Waals surface area contributed by atoms with E-state index in [0.717, 1.165) is 25.7 Å². The lowest BCUT2D eigenvalue weighted by Crippen LogP contribution is -2.54. The van der Waals surface area contributed by atoms with E-state index in [0.29, 0.717) is 40.9 Å². The minimum atomic E-state index is -1.16. The maximum atomic E-state index is 13.3. The highest BCUT2D eigenvalue weighted by molar-refractivity contribution is 6.38. The Bertz CT molecular complexity index is 1120. The van der Waals surface area contributed by atoms with Gasteiger partial charge >= 0.3 is 0 Å². The van der Waals surface area contributed by atoms with Gasteiger partial charge in [0.2, 0.25) is 23.5 Å². The number of benzene rings is 1. The average molecular weight is 549 g/mol. The molecule has 2 aliphatic carbocycles. The van der Waals surface area contributed by atoms with Crippen LogP contribution in [-0.4, -0.2) is 54.1 Å². The van der Waals surface area contributed by atoms with Crippen LogP contribution in [0.2, 0.25) is 10.0 Å². The van der Waals surface area contributed by atoms with Crippen LogP contribution in [0.15, 0.2) is 24.3 Å². The first kappa shape index (κ1) is 27.1. The molecule has 11 heteroatoms. The highest BCUT2D eigenvalue weighted by Gasteiger charge is 2.38. The molecule has 2 saturated carbocycles. The van der Waals surface area contributed by atoms with E-state index in [1.807, 2.05) is 0 Å². The molecule has 1 aliphatic heterocycles. The van der Waals surface area contributed by atoms with E-state index in [1.54, 1.807) is 18.2 Å². The standard InChI is InChI=1S/C26H30Cl2N4O5/c27-17-5-3-15(19(28)13-17)4-8-22(33)31-21(11-14-1-2-14)25(36)32-20(12-16-9-10-29-24(16)35)23(34)26(37)30-18-6-7-18/h3-5,8,13-14,16,18,20-21H,1-2,6-7,9-12H2,(H,29,35)(H,30,37)(H,31,33)(H,32,36)/b8-4+. The Morgan fingerprint density at radius 3 is 2.38 bits per heavy atom. The van der Waals surface area contributed by atoms with Crippen LogP contribution in [0, 0.1) is 11.8 Å². The fraction of sp³-hybridized carbons (Fsp3) is 0.500. The molecular formula is C26H30Cl2N4O5. The fourth-order valence-electron chi connectivity index (χ4n) is 4.24. The molecule has 4 rings (SSSR count). The number of Topliss-reactive ketones (excluding diaryl/α,β-unsaturated/α-hetero) is 1. The molecule has 1 aromatic rings. The van der Waals surface area contributed by atoms with Gasteiger partial charge < -0.3 is 21.3 Å². The SMILES string of the molecule is O=C(/C=C/c1ccc(Cl)cc1Cl)NC(CC1CC1)C(=O)NC(CC1CCNC1=O)C(=O)C(=O)NC1CC1. The molecule has 3 fully saturated rings. The summed E-state index contributed by atoms with van der Waals surface area (Å²) in [5.41, 5.74) is 0.589. The topological polar surface area (TPSA) is 133 Å². The predicted octanol–water partition coefficient (Wildman–Crippen LogP) is 2.15. The smallest absolute Gasteiger partial charge is 0.289 e. The van der Waals surface area contributed by atoms with Gasteiger partial charge in [0.15, 0.2) is 0 Å². The molecule has 9 nitrogen and oxygen atoms in total. The van der Waals surface area contributed by atoms with Gasteiger partial charge in [-0.25, -0.2) is 0 Å². The van der Waals surface area contributed by atoms with Crippen molar-refractivity contribution in [3.8, 4) is 0 Å². The minimum Gasteiger partial charge on any atom is -0.356 e. The lowest BCUT2D eigenvalue weighted by atomic mass is 9.95.